The summed E-state index contributed by atoms with van der Waals surface area (Å²) in [5.74, 6) is 0.935. The van der Waals surface area contributed by atoms with E-state index in [4.69, 9.17) is 4.74 Å². The van der Waals surface area contributed by atoms with E-state index >= 15 is 0 Å². The molecule has 0 aliphatic carbocycles. The predicted molar refractivity (Wildman–Crippen MR) is 89.3 cm³/mol. The van der Waals surface area contributed by atoms with Gasteiger partial charge in [0.25, 0.3) is 0 Å². The molecule has 5 heteroatoms. The number of rotatable bonds is 7. The number of aryl methyl sites for hydroxylation is 1. The van der Waals surface area contributed by atoms with Gasteiger partial charge in [-0.05, 0) is 37.0 Å². The Bertz CT molecular complexity index is 578. The van der Waals surface area contributed by atoms with Crippen molar-refractivity contribution in [1.82, 2.24) is 14.5 Å². The third-order valence-electron chi connectivity index (χ3n) is 4.25. The van der Waals surface area contributed by atoms with E-state index in [0.717, 1.165) is 51.2 Å². The van der Waals surface area contributed by atoms with Crippen LogP contribution in [0.4, 0.5) is 0 Å². The smallest absolute Gasteiger partial charge is 0.119 e. The lowest BCUT2D eigenvalue weighted by Gasteiger charge is -2.29. The number of piperidine rings is 1. The normalized spacial score (nSPS) is 16.6. The lowest BCUT2D eigenvalue weighted by molar-refractivity contribution is 0.0792. The van der Waals surface area contributed by atoms with Crippen LogP contribution in [0.15, 0.2) is 43.0 Å². The highest BCUT2D eigenvalue weighted by molar-refractivity contribution is 5.28. The van der Waals surface area contributed by atoms with Crippen LogP contribution in [-0.2, 0) is 13.1 Å². The highest BCUT2D eigenvalue weighted by Crippen LogP contribution is 2.18. The van der Waals surface area contributed by atoms with E-state index in [1.165, 1.54) is 5.56 Å². The molecule has 1 aliphatic rings. The van der Waals surface area contributed by atoms with Crippen molar-refractivity contribution >= 4 is 0 Å². The van der Waals surface area contributed by atoms with Crippen LogP contribution in [0.5, 0.6) is 5.75 Å². The van der Waals surface area contributed by atoms with Crippen molar-refractivity contribution in [3.8, 4) is 5.75 Å². The van der Waals surface area contributed by atoms with Crippen LogP contribution in [0.3, 0.4) is 0 Å². The van der Waals surface area contributed by atoms with Gasteiger partial charge in [0.2, 0.25) is 0 Å². The van der Waals surface area contributed by atoms with Gasteiger partial charge >= 0.3 is 0 Å². The molecule has 2 heterocycles. The molecular formula is C18H25N3O2. The number of aliphatic hydroxyl groups excluding tert-OH is 1. The number of aliphatic hydroxyl groups is 1. The van der Waals surface area contributed by atoms with E-state index in [9.17, 15) is 5.11 Å². The third-order valence-corrected chi connectivity index (χ3v) is 4.25. The molecule has 23 heavy (non-hydrogen) atoms. The van der Waals surface area contributed by atoms with Gasteiger partial charge in [0.05, 0.1) is 19.0 Å². The molecule has 2 aromatic rings. The summed E-state index contributed by atoms with van der Waals surface area (Å²) in [6, 6.07) is 8.34. The van der Waals surface area contributed by atoms with Crippen molar-refractivity contribution < 1.29 is 9.84 Å². The summed E-state index contributed by atoms with van der Waals surface area (Å²) in [6.07, 6.45) is 8.20. The van der Waals surface area contributed by atoms with Gasteiger partial charge in [-0.3, -0.25) is 4.90 Å². The number of aromatic nitrogens is 2. The molecule has 1 saturated heterocycles. The Hall–Kier alpha value is -1.85. The molecule has 0 radical (unpaired) electrons. The van der Waals surface area contributed by atoms with Crippen LogP contribution in [0.2, 0.25) is 0 Å². The quantitative estimate of drug-likeness (QED) is 0.797. The molecule has 0 spiro atoms. The molecule has 1 fully saturated rings. The Morgan fingerprint density at radius 1 is 1.26 bits per heavy atom. The average molecular weight is 315 g/mol. The summed E-state index contributed by atoms with van der Waals surface area (Å²) in [6.45, 7) is 4.50. The summed E-state index contributed by atoms with van der Waals surface area (Å²) >= 11 is 0. The lowest BCUT2D eigenvalue weighted by atomic mass is 10.1. The fraction of sp³-hybridized carbons (Fsp3) is 0.500. The third kappa shape index (κ3) is 5.08. The molecular weight excluding hydrogens is 290 g/mol. The van der Waals surface area contributed by atoms with Crippen LogP contribution in [0.25, 0.3) is 0 Å². The van der Waals surface area contributed by atoms with Gasteiger partial charge in [-0.2, -0.15) is 0 Å². The number of ether oxygens (including phenoxy) is 1. The molecule has 5 nitrogen and oxygen atoms in total. The van der Waals surface area contributed by atoms with Crippen molar-refractivity contribution in [3.05, 3.63) is 48.5 Å². The molecule has 0 bridgehead atoms. The minimum absolute atomic E-state index is 0.114. The maximum atomic E-state index is 9.57. The second-order valence-corrected chi connectivity index (χ2v) is 6.16. The van der Waals surface area contributed by atoms with E-state index in [1.807, 2.05) is 18.6 Å². The van der Waals surface area contributed by atoms with Gasteiger partial charge in [-0.15, -0.1) is 0 Å². The van der Waals surface area contributed by atoms with E-state index in [-0.39, 0.29) is 6.10 Å². The summed E-state index contributed by atoms with van der Waals surface area (Å²) < 4.78 is 7.92. The van der Waals surface area contributed by atoms with E-state index < -0.39 is 0 Å². The molecule has 1 aromatic carbocycles. The molecule has 1 aliphatic heterocycles. The highest BCUT2D eigenvalue weighted by Gasteiger charge is 2.16. The van der Waals surface area contributed by atoms with Gasteiger partial charge < -0.3 is 14.4 Å². The lowest BCUT2D eigenvalue weighted by Crippen LogP contribution is -2.35. The van der Waals surface area contributed by atoms with E-state index in [2.05, 4.69) is 32.7 Å². The molecule has 0 unspecified atom stereocenters. The van der Waals surface area contributed by atoms with Crippen LogP contribution in [0.1, 0.15) is 24.8 Å². The van der Waals surface area contributed by atoms with Crippen molar-refractivity contribution in [2.45, 2.75) is 38.5 Å². The largest absolute Gasteiger partial charge is 0.494 e. The Kier molecular flexibility index (Phi) is 5.66. The van der Waals surface area contributed by atoms with Gasteiger partial charge in [-0.25, -0.2) is 4.98 Å². The van der Waals surface area contributed by atoms with Gasteiger partial charge in [0, 0.05) is 38.6 Å². The molecule has 1 N–H and O–H groups in total. The van der Waals surface area contributed by atoms with Crippen LogP contribution >= 0.6 is 0 Å². The van der Waals surface area contributed by atoms with E-state index in [1.54, 1.807) is 6.20 Å². The maximum Gasteiger partial charge on any atom is 0.119 e. The topological polar surface area (TPSA) is 50.5 Å². The number of hydrogen-bond donors (Lipinski definition) is 1. The van der Waals surface area contributed by atoms with Crippen molar-refractivity contribution in [3.63, 3.8) is 0 Å². The maximum absolute atomic E-state index is 9.57. The SMILES string of the molecule is OC1CCN(Cc2cccc(OCCCn3ccnc3)c2)CC1. The molecule has 124 valence electrons. The first-order valence-corrected chi connectivity index (χ1v) is 8.37. The zero-order valence-corrected chi connectivity index (χ0v) is 13.5. The first-order chi connectivity index (χ1) is 11.3. The first kappa shape index (κ1) is 16.0. The Morgan fingerprint density at radius 2 is 2.13 bits per heavy atom. The number of imidazole rings is 1. The van der Waals surface area contributed by atoms with Gasteiger partial charge in [-0.1, -0.05) is 12.1 Å². The predicted octanol–water partition coefficient (Wildman–Crippen LogP) is 2.31. The Labute approximate surface area is 137 Å². The van der Waals surface area contributed by atoms with Crippen molar-refractivity contribution in [1.29, 1.82) is 0 Å². The number of likely N-dealkylation sites (tertiary alicyclic amines) is 1. The number of benzene rings is 1. The number of nitrogens with zero attached hydrogens (tertiary/aromatic N) is 3. The zero-order valence-electron chi connectivity index (χ0n) is 13.5. The standard InChI is InChI=1S/C18H25N3O2/c22-17-5-9-20(10-6-17)14-16-3-1-4-18(13-16)23-12-2-8-21-11-7-19-15-21/h1,3-4,7,11,13,15,17,22H,2,5-6,8-10,12,14H2. The summed E-state index contributed by atoms with van der Waals surface area (Å²) in [5, 5.41) is 9.57. The minimum Gasteiger partial charge on any atom is -0.494 e. The highest BCUT2D eigenvalue weighted by atomic mass is 16.5. The van der Waals surface area contributed by atoms with Crippen molar-refractivity contribution in [2.24, 2.45) is 0 Å². The molecule has 0 atom stereocenters. The fourth-order valence-corrected chi connectivity index (χ4v) is 2.93. The van der Waals surface area contributed by atoms with Crippen molar-refractivity contribution in [2.75, 3.05) is 19.7 Å². The minimum atomic E-state index is -0.114. The van der Waals surface area contributed by atoms with Gasteiger partial charge in [0.15, 0.2) is 0 Å². The molecule has 1 aromatic heterocycles. The summed E-state index contributed by atoms with van der Waals surface area (Å²) in [7, 11) is 0. The molecule has 0 saturated carbocycles. The fourth-order valence-electron chi connectivity index (χ4n) is 2.93. The van der Waals surface area contributed by atoms with Crippen LogP contribution in [0, 0.1) is 0 Å². The van der Waals surface area contributed by atoms with Gasteiger partial charge in [0.1, 0.15) is 5.75 Å². The number of hydrogen-bond acceptors (Lipinski definition) is 4. The molecule has 0 amide bonds. The average Bonchev–Trinajstić information content (AvgIpc) is 3.08. The molecule has 3 rings (SSSR count). The Balaban J connectivity index is 1.43. The van der Waals surface area contributed by atoms with Crippen LogP contribution in [-0.4, -0.2) is 45.4 Å². The second kappa shape index (κ2) is 8.13. The second-order valence-electron chi connectivity index (χ2n) is 6.16. The van der Waals surface area contributed by atoms with E-state index in [0.29, 0.717) is 6.61 Å². The summed E-state index contributed by atoms with van der Waals surface area (Å²) in [4.78, 5) is 6.43. The monoisotopic (exact) mass is 315 g/mol. The first-order valence-electron chi connectivity index (χ1n) is 8.37. The van der Waals surface area contributed by atoms with Crippen LogP contribution < -0.4 is 4.74 Å². The Morgan fingerprint density at radius 3 is 2.91 bits per heavy atom. The summed E-state index contributed by atoms with van der Waals surface area (Å²) in [5.41, 5.74) is 1.27. The zero-order chi connectivity index (χ0) is 15.9.